The van der Waals surface area contributed by atoms with Gasteiger partial charge in [-0.1, -0.05) is 52.3 Å². The molecular weight excluding hydrogens is 407 g/mol. The minimum Gasteiger partial charge on any atom is -0.489 e. The van der Waals surface area contributed by atoms with Crippen LogP contribution in [0, 0.1) is 5.92 Å². The number of halogens is 4. The molecule has 1 aliphatic carbocycles. The maximum Gasteiger partial charge on any atom is 0.416 e. The number of piperidine rings is 1. The molecule has 0 spiro atoms. The summed E-state index contributed by atoms with van der Waals surface area (Å²) in [5.74, 6) is 0.747. The van der Waals surface area contributed by atoms with Gasteiger partial charge in [0.05, 0.1) is 11.6 Å². The first kappa shape index (κ1) is 17.9. The highest BCUT2D eigenvalue weighted by atomic mass is 79.9. The number of alkyl halides is 4. The number of likely N-dealkylation sites (tertiary alicyclic amines) is 1. The summed E-state index contributed by atoms with van der Waals surface area (Å²) in [7, 11) is 0. The van der Waals surface area contributed by atoms with E-state index in [4.69, 9.17) is 4.74 Å². The Bertz CT molecular complexity index is 767. The van der Waals surface area contributed by atoms with E-state index in [1.807, 2.05) is 18.2 Å². The first-order valence-electron chi connectivity index (χ1n) is 8.68. The van der Waals surface area contributed by atoms with E-state index in [1.54, 1.807) is 6.07 Å². The molecule has 6 heteroatoms. The molecule has 4 rings (SSSR count). The average molecular weight is 426 g/mol. The molecule has 1 saturated heterocycles. The third-order valence-electron chi connectivity index (χ3n) is 5.26. The van der Waals surface area contributed by atoms with Crippen molar-refractivity contribution in [2.75, 3.05) is 6.54 Å². The van der Waals surface area contributed by atoms with Crippen molar-refractivity contribution in [2.24, 2.45) is 5.92 Å². The zero-order valence-corrected chi connectivity index (χ0v) is 15.6. The number of nitrogens with zero attached hydrogens (tertiary/aromatic N) is 1. The van der Waals surface area contributed by atoms with Crippen LogP contribution in [-0.4, -0.2) is 28.4 Å². The van der Waals surface area contributed by atoms with E-state index < -0.39 is 11.7 Å². The van der Waals surface area contributed by atoms with Crippen LogP contribution in [0.15, 0.2) is 54.6 Å². The van der Waals surface area contributed by atoms with Crippen LogP contribution in [0.1, 0.15) is 17.5 Å². The maximum absolute atomic E-state index is 12.9. The van der Waals surface area contributed by atoms with Crippen molar-refractivity contribution in [3.05, 3.63) is 65.7 Å². The van der Waals surface area contributed by atoms with Crippen molar-refractivity contribution in [3.8, 4) is 5.75 Å². The van der Waals surface area contributed by atoms with Gasteiger partial charge in [0.25, 0.3) is 0 Å². The third kappa shape index (κ3) is 3.49. The highest BCUT2D eigenvalue weighted by Crippen LogP contribution is 2.45. The standard InChI is InChI=1S/C20H19BrF3NO/c21-18-14-9-17(26-16-8-4-7-15(10-16)20(22,23)24)19(18)25(12-14)11-13-5-2-1-3-6-13/h1-8,10,14,17-19H,9,11-12H2/t14-,17-,18-,19-/m1/s1. The summed E-state index contributed by atoms with van der Waals surface area (Å²) in [6.45, 7) is 1.81. The number of ether oxygens (including phenoxy) is 1. The monoisotopic (exact) mass is 425 g/mol. The van der Waals surface area contributed by atoms with Crippen molar-refractivity contribution in [1.29, 1.82) is 0 Å². The Morgan fingerprint density at radius 1 is 1.08 bits per heavy atom. The second kappa shape index (κ2) is 6.89. The van der Waals surface area contributed by atoms with Gasteiger partial charge in [0.15, 0.2) is 0 Å². The topological polar surface area (TPSA) is 12.5 Å². The highest BCUT2D eigenvalue weighted by molar-refractivity contribution is 9.09. The smallest absolute Gasteiger partial charge is 0.416 e. The van der Waals surface area contributed by atoms with Crippen molar-refractivity contribution in [3.63, 3.8) is 0 Å². The van der Waals surface area contributed by atoms with Crippen LogP contribution in [0.4, 0.5) is 13.2 Å². The summed E-state index contributed by atoms with van der Waals surface area (Å²) in [5, 5.41) is 0. The van der Waals surface area contributed by atoms with Gasteiger partial charge in [-0.25, -0.2) is 0 Å². The van der Waals surface area contributed by atoms with Gasteiger partial charge in [-0.2, -0.15) is 13.2 Å². The Morgan fingerprint density at radius 2 is 1.85 bits per heavy atom. The van der Waals surface area contributed by atoms with Crippen LogP contribution < -0.4 is 4.74 Å². The minimum absolute atomic E-state index is 0.106. The molecule has 4 atom stereocenters. The lowest BCUT2D eigenvalue weighted by Gasteiger charge is -2.33. The van der Waals surface area contributed by atoms with Crippen LogP contribution >= 0.6 is 15.9 Å². The lowest BCUT2D eigenvalue weighted by atomic mass is 10.1. The van der Waals surface area contributed by atoms with Gasteiger partial charge < -0.3 is 4.74 Å². The molecule has 1 aliphatic heterocycles. The van der Waals surface area contributed by atoms with E-state index in [0.717, 1.165) is 31.6 Å². The summed E-state index contributed by atoms with van der Waals surface area (Å²) in [5.41, 5.74) is 0.562. The van der Waals surface area contributed by atoms with E-state index >= 15 is 0 Å². The lowest BCUT2D eigenvalue weighted by Crippen LogP contribution is -2.44. The van der Waals surface area contributed by atoms with Gasteiger partial charge in [0.1, 0.15) is 11.9 Å². The Morgan fingerprint density at radius 3 is 2.54 bits per heavy atom. The minimum atomic E-state index is -4.36. The molecule has 2 aliphatic rings. The predicted molar refractivity (Wildman–Crippen MR) is 97.3 cm³/mol. The van der Waals surface area contributed by atoms with Gasteiger partial charge in [0.2, 0.25) is 0 Å². The molecule has 2 nitrogen and oxygen atoms in total. The van der Waals surface area contributed by atoms with E-state index in [1.165, 1.54) is 11.6 Å². The van der Waals surface area contributed by atoms with Crippen molar-refractivity contribution in [1.82, 2.24) is 4.90 Å². The normalized spacial score (nSPS) is 28.5. The van der Waals surface area contributed by atoms with Gasteiger partial charge in [0, 0.05) is 17.9 Å². The maximum atomic E-state index is 12.9. The molecule has 0 radical (unpaired) electrons. The summed E-state index contributed by atoms with van der Waals surface area (Å²) < 4.78 is 44.8. The molecule has 2 aromatic carbocycles. The molecule has 2 fully saturated rings. The molecule has 0 N–H and O–H groups in total. The number of hydrogen-bond acceptors (Lipinski definition) is 2. The van der Waals surface area contributed by atoms with Gasteiger partial charge in [-0.3, -0.25) is 4.90 Å². The fourth-order valence-electron chi connectivity index (χ4n) is 4.11. The SMILES string of the molecule is FC(F)(F)c1cccc(O[C@@H]2C[C@@H]3CN(Cc4ccccc4)[C@H]2[C@@H]3Br)c1. The van der Waals surface area contributed by atoms with Gasteiger partial charge >= 0.3 is 6.18 Å². The van der Waals surface area contributed by atoms with Gasteiger partial charge in [-0.05, 0) is 36.1 Å². The summed E-state index contributed by atoms with van der Waals surface area (Å²) in [4.78, 5) is 2.68. The number of hydrogen-bond donors (Lipinski definition) is 0. The van der Waals surface area contributed by atoms with Crippen molar-refractivity contribution in [2.45, 2.75) is 36.1 Å². The zero-order chi connectivity index (χ0) is 18.3. The van der Waals surface area contributed by atoms with Crippen LogP contribution in [-0.2, 0) is 12.7 Å². The summed E-state index contributed by atoms with van der Waals surface area (Å²) in [6, 6.07) is 15.6. The number of rotatable bonds is 4. The summed E-state index contributed by atoms with van der Waals surface area (Å²) in [6.07, 6.45) is -3.60. The molecule has 138 valence electrons. The van der Waals surface area contributed by atoms with E-state index in [0.29, 0.717) is 10.7 Å². The average Bonchev–Trinajstić information content (AvgIpc) is 3.06. The fourth-order valence-corrected chi connectivity index (χ4v) is 5.17. The first-order valence-corrected chi connectivity index (χ1v) is 9.59. The Hall–Kier alpha value is -1.53. The van der Waals surface area contributed by atoms with Crippen molar-refractivity contribution >= 4 is 15.9 Å². The largest absolute Gasteiger partial charge is 0.489 e. The van der Waals surface area contributed by atoms with Crippen LogP contribution in [0.2, 0.25) is 0 Å². The first-order chi connectivity index (χ1) is 12.4. The number of fused-ring (bicyclic) bond motifs is 2. The molecule has 26 heavy (non-hydrogen) atoms. The molecular formula is C20H19BrF3NO. The fraction of sp³-hybridized carbons (Fsp3) is 0.400. The quantitative estimate of drug-likeness (QED) is 0.630. The van der Waals surface area contributed by atoms with E-state index in [2.05, 4.69) is 33.0 Å². The summed E-state index contributed by atoms with van der Waals surface area (Å²) >= 11 is 3.78. The molecule has 0 amide bonds. The number of benzene rings is 2. The molecule has 1 heterocycles. The zero-order valence-electron chi connectivity index (χ0n) is 14.0. The second-order valence-electron chi connectivity index (χ2n) is 7.03. The Kier molecular flexibility index (Phi) is 4.73. The lowest BCUT2D eigenvalue weighted by molar-refractivity contribution is -0.137. The van der Waals surface area contributed by atoms with Crippen LogP contribution in [0.5, 0.6) is 5.75 Å². The Labute approximate surface area is 159 Å². The van der Waals surface area contributed by atoms with E-state index in [-0.39, 0.29) is 17.9 Å². The third-order valence-corrected chi connectivity index (χ3v) is 6.55. The molecule has 1 saturated carbocycles. The van der Waals surface area contributed by atoms with Gasteiger partial charge in [-0.15, -0.1) is 0 Å². The highest BCUT2D eigenvalue weighted by Gasteiger charge is 2.52. The molecule has 2 aromatic rings. The van der Waals surface area contributed by atoms with Crippen molar-refractivity contribution < 1.29 is 17.9 Å². The predicted octanol–water partition coefficient (Wildman–Crippen LogP) is 5.12. The molecule has 2 bridgehead atoms. The molecule has 0 aromatic heterocycles. The van der Waals surface area contributed by atoms with E-state index in [9.17, 15) is 13.2 Å². The van der Waals surface area contributed by atoms with Crippen LogP contribution in [0.3, 0.4) is 0 Å². The second-order valence-corrected chi connectivity index (χ2v) is 8.09. The van der Waals surface area contributed by atoms with Crippen LogP contribution in [0.25, 0.3) is 0 Å². The Balaban J connectivity index is 1.49. The molecule has 0 unspecified atom stereocenters.